The molecule has 1 nitrogen and oxygen atoms in total. The molecule has 0 saturated heterocycles. The van der Waals surface area contributed by atoms with Crippen LogP contribution in [0, 0.1) is 17.8 Å². The van der Waals surface area contributed by atoms with Crippen molar-refractivity contribution in [2.45, 2.75) is 122 Å². The molecule has 1 heteroatoms. The van der Waals surface area contributed by atoms with Crippen molar-refractivity contribution in [3.05, 3.63) is 0 Å². The van der Waals surface area contributed by atoms with Gasteiger partial charge in [-0.3, -0.25) is 0 Å². The number of unbranched alkanes of at least 4 members (excludes halogenated alkanes) is 4. The molecule has 0 amide bonds. The van der Waals surface area contributed by atoms with Crippen LogP contribution in [0.1, 0.15) is 117 Å². The summed E-state index contributed by atoms with van der Waals surface area (Å²) >= 11 is 0. The van der Waals surface area contributed by atoms with E-state index in [9.17, 15) is 0 Å². The second-order valence-electron chi connectivity index (χ2n) is 8.96. The fourth-order valence-corrected chi connectivity index (χ4v) is 5.51. The van der Waals surface area contributed by atoms with E-state index in [0.29, 0.717) is 0 Å². The quantitative estimate of drug-likeness (QED) is 0.375. The second-order valence-corrected chi connectivity index (χ2v) is 8.96. The van der Waals surface area contributed by atoms with Gasteiger partial charge in [0.1, 0.15) is 0 Å². The van der Waals surface area contributed by atoms with Crippen LogP contribution in [0.4, 0.5) is 0 Å². The summed E-state index contributed by atoms with van der Waals surface area (Å²) in [6.07, 6.45) is 22.7. The molecule has 2 aliphatic carbocycles. The van der Waals surface area contributed by atoms with E-state index in [1.165, 1.54) is 103 Å². The van der Waals surface area contributed by atoms with Crippen LogP contribution in [0.5, 0.6) is 0 Å². The van der Waals surface area contributed by atoms with Gasteiger partial charge in [0.2, 0.25) is 0 Å². The van der Waals surface area contributed by atoms with E-state index < -0.39 is 0 Å². The highest BCUT2D eigenvalue weighted by Crippen LogP contribution is 2.45. The molecule has 2 saturated carbocycles. The molecule has 2 fully saturated rings. The van der Waals surface area contributed by atoms with Crippen LogP contribution in [0.2, 0.25) is 0 Å². The summed E-state index contributed by atoms with van der Waals surface area (Å²) in [6.45, 7) is 4.63. The Morgan fingerprint density at radius 3 is 1.96 bits per heavy atom. The topological polar surface area (TPSA) is 9.23 Å². The maximum Gasteiger partial charge on any atom is 0.0679 e. The Labute approximate surface area is 152 Å². The Morgan fingerprint density at radius 1 is 0.750 bits per heavy atom. The first-order valence-corrected chi connectivity index (χ1v) is 11.3. The summed E-state index contributed by atoms with van der Waals surface area (Å²) in [7, 11) is 1.97. The van der Waals surface area contributed by atoms with E-state index in [1.807, 2.05) is 7.11 Å². The molecule has 0 bridgehead atoms. The summed E-state index contributed by atoms with van der Waals surface area (Å²) in [6, 6.07) is 0. The van der Waals surface area contributed by atoms with E-state index in [1.54, 1.807) is 0 Å². The molecule has 24 heavy (non-hydrogen) atoms. The zero-order valence-corrected chi connectivity index (χ0v) is 17.0. The normalized spacial score (nSPS) is 34.4. The fourth-order valence-electron chi connectivity index (χ4n) is 5.51. The molecule has 0 aliphatic heterocycles. The van der Waals surface area contributed by atoms with Gasteiger partial charge in [0.25, 0.3) is 0 Å². The maximum absolute atomic E-state index is 6.06. The third-order valence-electron chi connectivity index (χ3n) is 7.38. The Kier molecular flexibility index (Phi) is 9.16. The summed E-state index contributed by atoms with van der Waals surface area (Å²) in [5.41, 5.74) is 0.239. The third kappa shape index (κ3) is 6.04. The fraction of sp³-hybridized carbons (Fsp3) is 1.00. The van der Waals surface area contributed by atoms with Crippen molar-refractivity contribution >= 4 is 0 Å². The monoisotopic (exact) mass is 336 g/mol. The largest absolute Gasteiger partial charge is 0.378 e. The van der Waals surface area contributed by atoms with Crippen LogP contribution in [0.3, 0.4) is 0 Å². The van der Waals surface area contributed by atoms with Crippen molar-refractivity contribution in [2.24, 2.45) is 17.8 Å². The SMILES string of the molecule is CCCCCC[C@]1(OC)CC[C@@H](C2CCC(CCCC)CC2)CC1. The minimum atomic E-state index is 0.239. The molecular formula is C23H44O. The molecule has 0 aromatic rings. The van der Waals surface area contributed by atoms with Crippen molar-refractivity contribution in [1.29, 1.82) is 0 Å². The van der Waals surface area contributed by atoms with Crippen LogP contribution in [0.15, 0.2) is 0 Å². The average Bonchev–Trinajstić information content (AvgIpc) is 2.64. The lowest BCUT2D eigenvalue weighted by atomic mass is 9.67. The molecule has 0 heterocycles. The van der Waals surface area contributed by atoms with Gasteiger partial charge in [-0.25, -0.2) is 0 Å². The number of rotatable bonds is 10. The molecule has 0 N–H and O–H groups in total. The van der Waals surface area contributed by atoms with Gasteiger partial charge >= 0.3 is 0 Å². The first-order chi connectivity index (χ1) is 11.7. The number of methoxy groups -OCH3 is 1. The number of hydrogen-bond acceptors (Lipinski definition) is 1. The van der Waals surface area contributed by atoms with Crippen molar-refractivity contribution in [3.8, 4) is 0 Å². The highest BCUT2D eigenvalue weighted by Gasteiger charge is 2.38. The Bertz CT molecular complexity index is 308. The van der Waals surface area contributed by atoms with Crippen molar-refractivity contribution in [1.82, 2.24) is 0 Å². The van der Waals surface area contributed by atoms with E-state index in [-0.39, 0.29) is 5.60 Å². The lowest BCUT2D eigenvalue weighted by Crippen LogP contribution is -2.38. The first kappa shape index (κ1) is 20.3. The van der Waals surface area contributed by atoms with Crippen LogP contribution in [-0.4, -0.2) is 12.7 Å². The maximum atomic E-state index is 6.06. The molecule has 0 atom stereocenters. The summed E-state index contributed by atoms with van der Waals surface area (Å²) in [5, 5.41) is 0. The van der Waals surface area contributed by atoms with Gasteiger partial charge in [-0.1, -0.05) is 71.6 Å². The number of ether oxygens (including phenoxy) is 1. The van der Waals surface area contributed by atoms with Crippen molar-refractivity contribution in [2.75, 3.05) is 7.11 Å². The Balaban J connectivity index is 1.70. The molecule has 0 radical (unpaired) electrons. The van der Waals surface area contributed by atoms with E-state index >= 15 is 0 Å². The molecule has 0 unspecified atom stereocenters. The lowest BCUT2D eigenvalue weighted by molar-refractivity contribution is -0.0639. The van der Waals surface area contributed by atoms with Crippen LogP contribution in [-0.2, 0) is 4.74 Å². The summed E-state index contributed by atoms with van der Waals surface area (Å²) in [5.74, 6) is 3.11. The highest BCUT2D eigenvalue weighted by molar-refractivity contribution is 4.90. The average molecular weight is 337 g/mol. The summed E-state index contributed by atoms with van der Waals surface area (Å²) < 4.78 is 6.06. The Morgan fingerprint density at radius 2 is 1.38 bits per heavy atom. The van der Waals surface area contributed by atoms with Crippen molar-refractivity contribution in [3.63, 3.8) is 0 Å². The van der Waals surface area contributed by atoms with Gasteiger partial charge < -0.3 is 4.74 Å². The first-order valence-electron chi connectivity index (χ1n) is 11.3. The van der Waals surface area contributed by atoms with E-state index in [4.69, 9.17) is 4.74 Å². The van der Waals surface area contributed by atoms with E-state index in [2.05, 4.69) is 13.8 Å². The zero-order valence-electron chi connectivity index (χ0n) is 17.0. The zero-order chi connectivity index (χ0) is 17.3. The Hall–Kier alpha value is -0.0400. The standard InChI is InChI=1S/C23H44O/c1-4-6-8-9-17-23(24-3)18-15-22(16-19-23)21-13-11-20(12-14-21)10-7-5-2/h20-22H,4-19H2,1-3H3/t20?,21?,22-,23+. The minimum Gasteiger partial charge on any atom is -0.378 e. The van der Waals surface area contributed by atoms with Gasteiger partial charge in [-0.05, 0) is 62.7 Å². The third-order valence-corrected chi connectivity index (χ3v) is 7.38. The molecule has 142 valence electrons. The molecule has 0 aromatic heterocycles. The van der Waals surface area contributed by atoms with Gasteiger partial charge in [0.05, 0.1) is 5.60 Å². The predicted octanol–water partition coefficient (Wildman–Crippen LogP) is 7.53. The van der Waals surface area contributed by atoms with Crippen LogP contribution < -0.4 is 0 Å². The van der Waals surface area contributed by atoms with E-state index in [0.717, 1.165) is 17.8 Å². The van der Waals surface area contributed by atoms with Gasteiger partial charge in [-0.15, -0.1) is 0 Å². The second kappa shape index (κ2) is 10.8. The smallest absolute Gasteiger partial charge is 0.0679 e. The number of hydrogen-bond donors (Lipinski definition) is 0. The molecular weight excluding hydrogens is 292 g/mol. The van der Waals surface area contributed by atoms with Gasteiger partial charge in [-0.2, -0.15) is 0 Å². The minimum absolute atomic E-state index is 0.239. The molecule has 0 spiro atoms. The molecule has 2 rings (SSSR count). The predicted molar refractivity (Wildman–Crippen MR) is 105 cm³/mol. The van der Waals surface area contributed by atoms with Gasteiger partial charge in [0, 0.05) is 7.11 Å². The molecule has 0 aromatic carbocycles. The van der Waals surface area contributed by atoms with Crippen LogP contribution >= 0.6 is 0 Å². The molecule has 2 aliphatic rings. The van der Waals surface area contributed by atoms with Crippen molar-refractivity contribution < 1.29 is 4.74 Å². The van der Waals surface area contributed by atoms with Crippen LogP contribution in [0.25, 0.3) is 0 Å². The summed E-state index contributed by atoms with van der Waals surface area (Å²) in [4.78, 5) is 0. The van der Waals surface area contributed by atoms with Gasteiger partial charge in [0.15, 0.2) is 0 Å². The highest BCUT2D eigenvalue weighted by atomic mass is 16.5. The lowest BCUT2D eigenvalue weighted by Gasteiger charge is -2.43.